The van der Waals surface area contributed by atoms with Crippen molar-refractivity contribution in [3.05, 3.63) is 74.5 Å². The molecule has 3 aromatic rings. The number of hydrogen-bond donors (Lipinski definition) is 1. The summed E-state index contributed by atoms with van der Waals surface area (Å²) in [5, 5.41) is 2.88. The van der Waals surface area contributed by atoms with Crippen LogP contribution in [0.15, 0.2) is 37.9 Å². The normalized spacial score (nSPS) is 11.5. The molecule has 2 heterocycles. The van der Waals surface area contributed by atoms with Crippen LogP contribution in [0.5, 0.6) is 0 Å². The van der Waals surface area contributed by atoms with E-state index in [0.29, 0.717) is 23.6 Å². The highest BCUT2D eigenvalue weighted by atomic mass is 16.6. The third-order valence-corrected chi connectivity index (χ3v) is 5.96. The van der Waals surface area contributed by atoms with E-state index >= 15 is 0 Å². The van der Waals surface area contributed by atoms with E-state index in [4.69, 9.17) is 23.3 Å². The van der Waals surface area contributed by atoms with Crippen LogP contribution in [-0.2, 0) is 40.3 Å². The summed E-state index contributed by atoms with van der Waals surface area (Å²) in [5.74, 6) is -0.620. The van der Waals surface area contributed by atoms with Crippen LogP contribution in [-0.4, -0.2) is 22.6 Å². The monoisotopic (exact) mass is 538 g/mol. The summed E-state index contributed by atoms with van der Waals surface area (Å²) in [4.78, 5) is 41.8. The van der Waals surface area contributed by atoms with Crippen LogP contribution in [0.4, 0.5) is 4.79 Å². The molecule has 0 atom stereocenters. The topological polar surface area (TPSA) is 121 Å². The fraction of sp³-hybridized carbons (Fsp3) is 0.467. The third kappa shape index (κ3) is 8.30. The molecule has 0 saturated heterocycles. The highest BCUT2D eigenvalue weighted by Crippen LogP contribution is 2.33. The summed E-state index contributed by atoms with van der Waals surface area (Å²) in [6.45, 7) is 15.0. The molecule has 0 fully saturated rings. The Labute approximate surface area is 228 Å². The molecule has 0 spiro atoms. The molecule has 210 valence electrons. The van der Waals surface area contributed by atoms with E-state index in [2.05, 4.69) is 19.2 Å². The molecular formula is C30H38N2O7. The number of nitrogens with one attached hydrogen (secondary N) is 1. The van der Waals surface area contributed by atoms with Crippen molar-refractivity contribution in [1.82, 2.24) is 10.3 Å². The molecule has 3 rings (SSSR count). The van der Waals surface area contributed by atoms with Crippen molar-refractivity contribution in [2.75, 3.05) is 0 Å². The Bertz CT molecular complexity index is 1380. The van der Waals surface area contributed by atoms with Crippen molar-refractivity contribution in [2.45, 2.75) is 87.0 Å². The highest BCUT2D eigenvalue weighted by molar-refractivity contribution is 5.81. The van der Waals surface area contributed by atoms with Crippen molar-refractivity contribution in [2.24, 2.45) is 5.92 Å². The van der Waals surface area contributed by atoms with E-state index in [9.17, 15) is 14.4 Å². The Morgan fingerprint density at radius 1 is 1.03 bits per heavy atom. The molecule has 1 N–H and O–H groups in total. The second kappa shape index (κ2) is 12.3. The van der Waals surface area contributed by atoms with Gasteiger partial charge in [0.15, 0.2) is 18.1 Å². The molecule has 0 aliphatic rings. The quantitative estimate of drug-likeness (QED) is 0.343. The summed E-state index contributed by atoms with van der Waals surface area (Å²) in [5.41, 5.74) is 5.25. The number of benzene rings is 1. The summed E-state index contributed by atoms with van der Waals surface area (Å²) < 4.78 is 20.7. The predicted molar refractivity (Wildman–Crippen MR) is 146 cm³/mol. The number of carbonyl (C=O) groups is 2. The fourth-order valence-corrected chi connectivity index (χ4v) is 4.20. The zero-order valence-corrected chi connectivity index (χ0v) is 24.0. The van der Waals surface area contributed by atoms with E-state index in [1.165, 1.54) is 0 Å². The van der Waals surface area contributed by atoms with Gasteiger partial charge in [-0.05, 0) is 70.6 Å². The van der Waals surface area contributed by atoms with Crippen LogP contribution in [0.1, 0.15) is 74.2 Å². The predicted octanol–water partition coefficient (Wildman–Crippen LogP) is 5.73. The first kappa shape index (κ1) is 29.7. The van der Waals surface area contributed by atoms with E-state index < -0.39 is 23.5 Å². The maximum absolute atomic E-state index is 13.0. The van der Waals surface area contributed by atoms with Gasteiger partial charge in [0.1, 0.15) is 5.60 Å². The van der Waals surface area contributed by atoms with E-state index in [-0.39, 0.29) is 31.1 Å². The number of nitrogens with zero attached hydrogens (tertiary/aromatic N) is 1. The third-order valence-electron chi connectivity index (χ3n) is 5.96. The first-order chi connectivity index (χ1) is 18.2. The van der Waals surface area contributed by atoms with Gasteiger partial charge in [-0.25, -0.2) is 9.59 Å². The zero-order valence-electron chi connectivity index (χ0n) is 24.0. The molecule has 0 radical (unpaired) electrons. The Morgan fingerprint density at radius 2 is 1.69 bits per heavy atom. The van der Waals surface area contributed by atoms with Crippen LogP contribution < -0.4 is 11.1 Å². The van der Waals surface area contributed by atoms with E-state index in [0.717, 1.165) is 27.9 Å². The maximum Gasteiger partial charge on any atom is 0.519 e. The Hall–Kier alpha value is -3.88. The highest BCUT2D eigenvalue weighted by Gasteiger charge is 2.24. The SMILES string of the molecule is Cc1ccc(-c2c(CC(=O)OCc3oc(=O)oc3C)c(C)nc(CC(C)C)c2CNC(=O)OC(C)(C)C)cc1. The molecule has 0 aliphatic heterocycles. The van der Waals surface area contributed by atoms with Gasteiger partial charge >= 0.3 is 17.9 Å². The fourth-order valence-electron chi connectivity index (χ4n) is 4.20. The second-order valence-electron chi connectivity index (χ2n) is 11.1. The standard InChI is InChI=1S/C30H38N2O7/c1-17(2)13-24-23(15-31-28(34)39-30(6,7)8)27(21-11-9-18(3)10-12-21)22(19(4)32-24)14-26(33)36-16-25-20(5)37-29(35)38-25/h9-12,17H,13-16H2,1-8H3,(H,31,34). The van der Waals surface area contributed by atoms with Gasteiger partial charge in [-0.3, -0.25) is 9.78 Å². The average molecular weight is 539 g/mol. The summed E-state index contributed by atoms with van der Waals surface area (Å²) in [6.07, 6.45) is 0.0884. The lowest BCUT2D eigenvalue weighted by atomic mass is 9.88. The van der Waals surface area contributed by atoms with Gasteiger partial charge in [-0.2, -0.15) is 0 Å². The van der Waals surface area contributed by atoms with Gasteiger partial charge in [0.2, 0.25) is 0 Å². The number of aryl methyl sites for hydroxylation is 3. The maximum atomic E-state index is 13.0. The lowest BCUT2D eigenvalue weighted by Gasteiger charge is -2.23. The van der Waals surface area contributed by atoms with Crippen molar-refractivity contribution >= 4 is 12.1 Å². The average Bonchev–Trinajstić information content (AvgIpc) is 3.14. The molecule has 0 unspecified atom stereocenters. The van der Waals surface area contributed by atoms with E-state index in [1.807, 2.05) is 58.9 Å². The van der Waals surface area contributed by atoms with Crippen molar-refractivity contribution in [3.8, 4) is 11.1 Å². The molecule has 0 bridgehead atoms. The number of ether oxygens (including phenoxy) is 2. The minimum Gasteiger partial charge on any atom is -0.457 e. The number of esters is 1. The van der Waals surface area contributed by atoms with Gasteiger partial charge in [0.05, 0.1) is 6.42 Å². The number of alkyl carbamates (subject to hydrolysis) is 1. The van der Waals surface area contributed by atoms with Gasteiger partial charge in [-0.1, -0.05) is 43.7 Å². The molecule has 9 heteroatoms. The molecule has 1 aromatic carbocycles. The zero-order chi connectivity index (χ0) is 28.9. The lowest BCUT2D eigenvalue weighted by molar-refractivity contribution is -0.144. The molecule has 0 aliphatic carbocycles. The lowest BCUT2D eigenvalue weighted by Crippen LogP contribution is -2.32. The number of carbonyl (C=O) groups excluding carboxylic acids is 2. The molecular weight excluding hydrogens is 500 g/mol. The minimum atomic E-state index is -0.844. The van der Waals surface area contributed by atoms with Crippen molar-refractivity contribution in [3.63, 3.8) is 0 Å². The van der Waals surface area contributed by atoms with Crippen LogP contribution in [0, 0.1) is 26.7 Å². The summed E-state index contributed by atoms with van der Waals surface area (Å²) in [7, 11) is 0. The van der Waals surface area contributed by atoms with Crippen LogP contribution >= 0.6 is 0 Å². The number of amides is 1. The van der Waals surface area contributed by atoms with Gasteiger partial charge in [-0.15, -0.1) is 0 Å². The number of aromatic nitrogens is 1. The number of hydrogen-bond acceptors (Lipinski definition) is 8. The first-order valence-corrected chi connectivity index (χ1v) is 13.0. The number of pyridine rings is 1. The van der Waals surface area contributed by atoms with Crippen molar-refractivity contribution < 1.29 is 27.9 Å². The molecule has 1 amide bonds. The largest absolute Gasteiger partial charge is 0.519 e. The smallest absolute Gasteiger partial charge is 0.457 e. The molecule has 39 heavy (non-hydrogen) atoms. The van der Waals surface area contributed by atoms with Crippen LogP contribution in [0.25, 0.3) is 11.1 Å². The Kier molecular flexibility index (Phi) is 9.37. The van der Waals surface area contributed by atoms with E-state index in [1.54, 1.807) is 6.92 Å². The second-order valence-corrected chi connectivity index (χ2v) is 11.1. The minimum absolute atomic E-state index is 0.0649. The van der Waals surface area contributed by atoms with Crippen LogP contribution in [0.3, 0.4) is 0 Å². The first-order valence-electron chi connectivity index (χ1n) is 13.0. The van der Waals surface area contributed by atoms with Gasteiger partial charge in [0.25, 0.3) is 0 Å². The number of rotatable bonds is 9. The summed E-state index contributed by atoms with van der Waals surface area (Å²) in [6, 6.07) is 8.01. The molecule has 2 aromatic heterocycles. The summed E-state index contributed by atoms with van der Waals surface area (Å²) >= 11 is 0. The van der Waals surface area contributed by atoms with Crippen molar-refractivity contribution in [1.29, 1.82) is 0 Å². The van der Waals surface area contributed by atoms with Crippen LogP contribution in [0.2, 0.25) is 0 Å². The molecule has 0 saturated carbocycles. The van der Waals surface area contributed by atoms with Gasteiger partial charge in [0, 0.05) is 23.5 Å². The Morgan fingerprint density at radius 3 is 2.26 bits per heavy atom. The Balaban J connectivity index is 2.04. The van der Waals surface area contributed by atoms with Gasteiger partial charge < -0.3 is 23.6 Å². The molecule has 9 nitrogen and oxygen atoms in total.